The number of nitrogens with zero attached hydrogens (tertiary/aromatic N) is 8. The van der Waals surface area contributed by atoms with E-state index >= 15 is 0 Å². The van der Waals surface area contributed by atoms with E-state index in [0.717, 1.165) is 29.5 Å². The minimum atomic E-state index is -4.46. The second kappa shape index (κ2) is 24.1. The third-order valence-electron chi connectivity index (χ3n) is 12.7. The number of aliphatic carboxylic acids is 1. The number of carboxylic acid groups (broad SMARTS) is 1. The van der Waals surface area contributed by atoms with Gasteiger partial charge in [-0.1, -0.05) is 13.8 Å². The number of hydrogen-bond acceptors (Lipinski definition) is 13. The summed E-state index contributed by atoms with van der Waals surface area (Å²) in [5, 5.41) is 17.3. The number of imidazole rings is 2. The molecule has 0 unspecified atom stereocenters. The third-order valence-corrected chi connectivity index (χ3v) is 12.7. The van der Waals surface area contributed by atoms with Gasteiger partial charge >= 0.3 is 24.3 Å². The van der Waals surface area contributed by atoms with Gasteiger partial charge in [-0.25, -0.2) is 9.97 Å². The highest BCUT2D eigenvalue weighted by atomic mass is 19.4. The van der Waals surface area contributed by atoms with E-state index in [-0.39, 0.29) is 60.6 Å². The summed E-state index contributed by atoms with van der Waals surface area (Å²) in [5.74, 6) is -1.91. The summed E-state index contributed by atoms with van der Waals surface area (Å²) >= 11 is 0. The number of halogens is 6. The molecule has 1 aliphatic rings. The molecular weight excluding hydrogens is 1030 g/mol. The number of carbonyl (C=O) groups excluding carboxylic acids is 3. The van der Waals surface area contributed by atoms with Crippen LogP contribution in [0.3, 0.4) is 0 Å². The Hall–Kier alpha value is -8.70. The van der Waals surface area contributed by atoms with Gasteiger partial charge in [0.1, 0.15) is 58.5 Å². The number of pyridine rings is 2. The van der Waals surface area contributed by atoms with Crippen molar-refractivity contribution in [2.75, 3.05) is 35.0 Å². The van der Waals surface area contributed by atoms with Crippen molar-refractivity contribution in [1.29, 1.82) is 0 Å². The molecule has 0 amide bonds. The van der Waals surface area contributed by atoms with Crippen LogP contribution in [0.25, 0.3) is 56.1 Å². The van der Waals surface area contributed by atoms with Gasteiger partial charge in [0.25, 0.3) is 0 Å². The van der Waals surface area contributed by atoms with Gasteiger partial charge in [0, 0.05) is 59.9 Å². The number of ketones is 2. The normalized spacial score (nSPS) is 12.5. The number of benzene rings is 2. The van der Waals surface area contributed by atoms with Crippen LogP contribution in [0, 0.1) is 5.92 Å². The number of alkyl halides is 6. The molecule has 0 aliphatic heterocycles. The van der Waals surface area contributed by atoms with Crippen molar-refractivity contribution < 1.29 is 74.3 Å². The topological polar surface area (TPSA) is 205 Å². The number of hydrogen-bond donors (Lipinski definition) is 1. The lowest BCUT2D eigenvalue weighted by Crippen LogP contribution is -2.22. The number of esters is 1. The number of Topliss-reactive ketones (excluding diaryl/α,β-unsaturated/α-hetero) is 2. The average Bonchev–Trinajstić information content (AvgIpc) is 4.39. The highest BCUT2D eigenvalue weighted by molar-refractivity contribution is 6.03. The highest BCUT2D eigenvalue weighted by Gasteiger charge is 2.32. The summed E-state index contributed by atoms with van der Waals surface area (Å²) in [6.45, 7) is 0.232. The molecule has 8 aromatic rings. The lowest BCUT2D eigenvalue weighted by Gasteiger charge is -2.24. The highest BCUT2D eigenvalue weighted by Crippen LogP contribution is 2.40. The zero-order chi connectivity index (χ0) is 55.2. The first-order valence-corrected chi connectivity index (χ1v) is 23.8. The van der Waals surface area contributed by atoms with Crippen molar-refractivity contribution in [2.24, 2.45) is 5.92 Å². The summed E-state index contributed by atoms with van der Waals surface area (Å²) in [4.78, 5) is 57.2. The van der Waals surface area contributed by atoms with E-state index in [2.05, 4.69) is 20.2 Å². The molecule has 78 heavy (non-hydrogen) atoms. The molecular formula is C54H54F6N8O10. The van der Waals surface area contributed by atoms with E-state index in [9.17, 15) is 45.5 Å². The fourth-order valence-electron chi connectivity index (χ4n) is 8.56. The molecule has 1 fully saturated rings. The molecule has 6 aromatic heterocycles. The molecule has 1 aliphatic carbocycles. The zero-order valence-corrected chi connectivity index (χ0v) is 41.9. The second-order valence-electron chi connectivity index (χ2n) is 17.9. The van der Waals surface area contributed by atoms with Gasteiger partial charge in [0.15, 0.2) is 11.6 Å². The smallest absolute Gasteiger partial charge is 0.389 e. The van der Waals surface area contributed by atoms with Crippen LogP contribution in [0.4, 0.5) is 26.3 Å². The standard InChI is InChI=1S/C29H29F3N4O5.C24H21F3N4O5.CH4/c1-39-24-10-20(11-25(40-2)28(24)23(37)6-8-29(30,31)32)22-14-33-26-12-19(7-9-36(22)26)21-13-34-35(15-21)16-27(38)41-17-18-4-3-5-18;1-35-19-7-15(8-20(36-2)23(19)18(32)3-5-24(25,26)27)17-11-28-21-9-14(4-6-31(17)21)16-10-29-30(12-16)13-22(33)34;/h7,9-15,18H,3-6,8,16-17H2,1-2H3;4,6-12H,3,5,13H2,1-2H3,(H,33,34);1H4. The molecule has 1 saturated carbocycles. The number of aromatic nitrogens is 8. The summed E-state index contributed by atoms with van der Waals surface area (Å²) in [7, 11) is 5.33. The molecule has 0 bridgehead atoms. The molecule has 412 valence electrons. The first-order chi connectivity index (χ1) is 36.7. The third kappa shape index (κ3) is 13.5. The Kier molecular flexibility index (Phi) is 17.6. The Balaban J connectivity index is 0.000000225. The number of carboxylic acids is 1. The summed E-state index contributed by atoms with van der Waals surface area (Å²) in [5.41, 5.74) is 6.69. The van der Waals surface area contributed by atoms with Crippen molar-refractivity contribution >= 4 is 34.8 Å². The molecule has 0 saturated heterocycles. The van der Waals surface area contributed by atoms with Crippen LogP contribution in [0.5, 0.6) is 23.0 Å². The molecule has 2 aromatic carbocycles. The number of fused-ring (bicyclic) bond motifs is 2. The minimum Gasteiger partial charge on any atom is -0.496 e. The molecule has 9 rings (SSSR count). The molecule has 0 radical (unpaired) electrons. The van der Waals surface area contributed by atoms with Crippen molar-refractivity contribution in [3.05, 3.63) is 109 Å². The van der Waals surface area contributed by atoms with Crippen LogP contribution in [0.2, 0.25) is 0 Å². The quantitative estimate of drug-likeness (QED) is 0.0428. The van der Waals surface area contributed by atoms with Gasteiger partial charge in [-0.3, -0.25) is 37.3 Å². The minimum absolute atomic E-state index is 0. The van der Waals surface area contributed by atoms with Gasteiger partial charge in [0.2, 0.25) is 0 Å². The van der Waals surface area contributed by atoms with E-state index < -0.39 is 55.6 Å². The van der Waals surface area contributed by atoms with Gasteiger partial charge in [-0.15, -0.1) is 0 Å². The van der Waals surface area contributed by atoms with Crippen LogP contribution >= 0.6 is 0 Å². The molecule has 24 heteroatoms. The van der Waals surface area contributed by atoms with Crippen LogP contribution < -0.4 is 18.9 Å². The van der Waals surface area contributed by atoms with Crippen molar-refractivity contribution in [1.82, 2.24) is 38.3 Å². The Labute approximate surface area is 442 Å². The van der Waals surface area contributed by atoms with Crippen LogP contribution in [0.15, 0.2) is 98.1 Å². The first kappa shape index (κ1) is 57.0. The molecule has 1 N–H and O–H groups in total. The second-order valence-corrected chi connectivity index (χ2v) is 17.9. The largest absolute Gasteiger partial charge is 0.496 e. The van der Waals surface area contributed by atoms with E-state index in [1.54, 1.807) is 78.1 Å². The van der Waals surface area contributed by atoms with E-state index in [1.165, 1.54) is 44.2 Å². The maximum absolute atomic E-state index is 12.7. The van der Waals surface area contributed by atoms with Gasteiger partial charge in [-0.2, -0.15) is 36.5 Å². The number of ether oxygens (including phenoxy) is 5. The predicted molar refractivity (Wildman–Crippen MR) is 272 cm³/mol. The Bertz CT molecular complexity index is 3420. The molecule has 18 nitrogen and oxygen atoms in total. The first-order valence-electron chi connectivity index (χ1n) is 23.8. The Morgan fingerprint density at radius 3 is 1.36 bits per heavy atom. The number of carbonyl (C=O) groups is 4. The van der Waals surface area contributed by atoms with Gasteiger partial charge < -0.3 is 28.8 Å². The zero-order valence-electron chi connectivity index (χ0n) is 41.9. The molecule has 0 spiro atoms. The SMILES string of the molecule is C.COc1cc(-c2cnc3cc(-c4cnn(CC(=O)O)c4)ccn23)cc(OC)c1C(=O)CCC(F)(F)F.COc1cc(-c2cnc3cc(-c4cnn(CC(=O)OCC5CCC5)c4)ccn23)cc(OC)c1C(=O)CCC(F)(F)F. The Morgan fingerprint density at radius 1 is 0.590 bits per heavy atom. The predicted octanol–water partition coefficient (Wildman–Crippen LogP) is 10.9. The summed E-state index contributed by atoms with van der Waals surface area (Å²) in [6.07, 6.45) is 4.01. The van der Waals surface area contributed by atoms with Crippen molar-refractivity contribution in [3.8, 4) is 67.8 Å². The molecule has 0 atom stereocenters. The van der Waals surface area contributed by atoms with Gasteiger partial charge in [-0.05, 0) is 78.4 Å². The fraction of sp³-hybridized carbons (Fsp3) is 0.333. The fourth-order valence-corrected chi connectivity index (χ4v) is 8.56. The van der Waals surface area contributed by atoms with Crippen LogP contribution in [-0.4, -0.2) is 114 Å². The lowest BCUT2D eigenvalue weighted by atomic mass is 9.86. The van der Waals surface area contributed by atoms with Crippen molar-refractivity contribution in [2.45, 2.75) is 77.8 Å². The molecule has 6 heterocycles. The Morgan fingerprint density at radius 2 is 1.00 bits per heavy atom. The van der Waals surface area contributed by atoms with E-state index in [4.69, 9.17) is 28.8 Å². The maximum atomic E-state index is 12.7. The lowest BCUT2D eigenvalue weighted by molar-refractivity contribution is -0.147. The summed E-state index contributed by atoms with van der Waals surface area (Å²) < 4.78 is 109. The van der Waals surface area contributed by atoms with Crippen LogP contribution in [-0.2, 0) is 27.4 Å². The number of rotatable bonds is 20. The van der Waals surface area contributed by atoms with E-state index in [0.29, 0.717) is 51.9 Å². The van der Waals surface area contributed by atoms with E-state index in [1.807, 2.05) is 28.8 Å². The van der Waals surface area contributed by atoms with Crippen molar-refractivity contribution in [3.63, 3.8) is 0 Å². The average molecular weight is 1090 g/mol. The van der Waals surface area contributed by atoms with Gasteiger partial charge in [0.05, 0.1) is 84.1 Å². The summed E-state index contributed by atoms with van der Waals surface area (Å²) in [6, 6.07) is 13.6. The van der Waals surface area contributed by atoms with Crippen LogP contribution in [0.1, 0.15) is 73.1 Å². The maximum Gasteiger partial charge on any atom is 0.389 e. The monoisotopic (exact) mass is 1090 g/mol. The number of methoxy groups -OCH3 is 4.